The fourth-order valence-corrected chi connectivity index (χ4v) is 3.22. The lowest BCUT2D eigenvalue weighted by atomic mass is 10.2. The van der Waals surface area contributed by atoms with Crippen molar-refractivity contribution in [1.82, 2.24) is 0 Å². The predicted octanol–water partition coefficient (Wildman–Crippen LogP) is 2.31. The molecule has 0 aliphatic carbocycles. The summed E-state index contributed by atoms with van der Waals surface area (Å²) in [6.07, 6.45) is 0.194. The van der Waals surface area contributed by atoms with Gasteiger partial charge < -0.3 is 19.7 Å². The van der Waals surface area contributed by atoms with Gasteiger partial charge in [-0.25, -0.2) is 0 Å². The van der Waals surface area contributed by atoms with Crippen molar-refractivity contribution in [2.75, 3.05) is 43.1 Å². The van der Waals surface area contributed by atoms with Gasteiger partial charge in [-0.05, 0) is 35.7 Å². The second-order valence-corrected chi connectivity index (χ2v) is 6.64. The van der Waals surface area contributed by atoms with Crippen molar-refractivity contribution >= 4 is 34.6 Å². The molecule has 6 nitrogen and oxygen atoms in total. The van der Waals surface area contributed by atoms with Gasteiger partial charge in [-0.1, -0.05) is 6.07 Å². The monoisotopic (exact) mass is 360 g/mol. The van der Waals surface area contributed by atoms with Gasteiger partial charge >= 0.3 is 5.97 Å². The second-order valence-electron chi connectivity index (χ2n) is 5.61. The Morgan fingerprint density at radius 1 is 1.16 bits per heavy atom. The van der Waals surface area contributed by atoms with Crippen molar-refractivity contribution in [2.24, 2.45) is 0 Å². The molecule has 0 radical (unpaired) electrons. The topological polar surface area (TPSA) is 67.9 Å². The minimum Gasteiger partial charge on any atom is -0.455 e. The average Bonchev–Trinajstić information content (AvgIpc) is 3.14. The highest BCUT2D eigenvalue weighted by Crippen LogP contribution is 2.19. The molecule has 1 aliphatic heterocycles. The first-order valence-electron chi connectivity index (χ1n) is 8.11. The van der Waals surface area contributed by atoms with E-state index in [1.54, 1.807) is 0 Å². The summed E-state index contributed by atoms with van der Waals surface area (Å²) in [5.41, 5.74) is 1.78. The van der Waals surface area contributed by atoms with Crippen LogP contribution in [0.3, 0.4) is 0 Å². The largest absolute Gasteiger partial charge is 0.455 e. The van der Waals surface area contributed by atoms with E-state index in [0.717, 1.165) is 36.9 Å². The van der Waals surface area contributed by atoms with Crippen molar-refractivity contribution in [2.45, 2.75) is 6.42 Å². The molecule has 0 spiro atoms. The zero-order valence-corrected chi connectivity index (χ0v) is 14.6. The Kier molecular flexibility index (Phi) is 6.03. The molecule has 132 valence electrons. The third-order valence-corrected chi connectivity index (χ3v) is 4.67. The van der Waals surface area contributed by atoms with Crippen LogP contribution < -0.4 is 10.2 Å². The Morgan fingerprint density at radius 2 is 1.92 bits per heavy atom. The average molecular weight is 360 g/mol. The van der Waals surface area contributed by atoms with Gasteiger partial charge in [0.15, 0.2) is 6.61 Å². The Morgan fingerprint density at radius 3 is 2.60 bits per heavy atom. The molecular formula is C18H20N2O4S. The third-order valence-electron chi connectivity index (χ3n) is 3.79. The molecular weight excluding hydrogens is 340 g/mol. The van der Waals surface area contributed by atoms with E-state index in [1.807, 2.05) is 41.8 Å². The van der Waals surface area contributed by atoms with E-state index in [1.165, 1.54) is 11.3 Å². The van der Waals surface area contributed by atoms with Crippen LogP contribution in [-0.2, 0) is 25.5 Å². The summed E-state index contributed by atoms with van der Waals surface area (Å²) >= 11 is 1.49. The van der Waals surface area contributed by atoms with Crippen molar-refractivity contribution < 1.29 is 19.1 Å². The Hall–Kier alpha value is -2.38. The number of rotatable bonds is 6. The maximum absolute atomic E-state index is 11.9. The maximum atomic E-state index is 11.9. The molecule has 1 fully saturated rings. The van der Waals surface area contributed by atoms with E-state index in [9.17, 15) is 9.59 Å². The van der Waals surface area contributed by atoms with E-state index >= 15 is 0 Å². The molecule has 0 bridgehead atoms. The fraction of sp³-hybridized carbons (Fsp3) is 0.333. The molecule has 1 amide bonds. The van der Waals surface area contributed by atoms with Crippen molar-refractivity contribution in [3.05, 3.63) is 46.7 Å². The summed E-state index contributed by atoms with van der Waals surface area (Å²) in [5.74, 6) is -0.751. The lowest BCUT2D eigenvalue weighted by Gasteiger charge is -2.28. The number of ether oxygens (including phenoxy) is 2. The van der Waals surface area contributed by atoms with Crippen LogP contribution in [0.2, 0.25) is 0 Å². The van der Waals surface area contributed by atoms with Crippen LogP contribution in [0.25, 0.3) is 0 Å². The minimum absolute atomic E-state index is 0.194. The van der Waals surface area contributed by atoms with Crippen molar-refractivity contribution in [3.8, 4) is 0 Å². The van der Waals surface area contributed by atoms with Crippen molar-refractivity contribution in [3.63, 3.8) is 0 Å². The van der Waals surface area contributed by atoms with Gasteiger partial charge in [0.1, 0.15) is 0 Å². The van der Waals surface area contributed by atoms with Crippen LogP contribution in [0.1, 0.15) is 4.88 Å². The van der Waals surface area contributed by atoms with Gasteiger partial charge in [0.2, 0.25) is 0 Å². The Balaban J connectivity index is 1.43. The van der Waals surface area contributed by atoms with Gasteiger partial charge in [0.25, 0.3) is 5.91 Å². The highest BCUT2D eigenvalue weighted by atomic mass is 32.1. The predicted molar refractivity (Wildman–Crippen MR) is 97.1 cm³/mol. The number of carbonyl (C=O) groups excluding carboxylic acids is 2. The molecule has 3 rings (SSSR count). The lowest BCUT2D eigenvalue weighted by Crippen LogP contribution is -2.36. The molecule has 0 atom stereocenters. The van der Waals surface area contributed by atoms with Gasteiger partial charge in [-0.2, -0.15) is 0 Å². The van der Waals surface area contributed by atoms with E-state index < -0.39 is 5.97 Å². The van der Waals surface area contributed by atoms with Crippen LogP contribution in [0, 0.1) is 0 Å². The number of nitrogens with one attached hydrogen (secondary N) is 1. The number of nitrogens with zero attached hydrogens (tertiary/aromatic N) is 1. The van der Waals surface area contributed by atoms with Crippen LogP contribution in [-0.4, -0.2) is 44.8 Å². The van der Waals surface area contributed by atoms with Crippen LogP contribution in [0.5, 0.6) is 0 Å². The van der Waals surface area contributed by atoms with Crippen LogP contribution in [0.15, 0.2) is 41.8 Å². The van der Waals surface area contributed by atoms with Crippen molar-refractivity contribution in [1.29, 1.82) is 0 Å². The van der Waals surface area contributed by atoms with E-state index in [4.69, 9.17) is 9.47 Å². The smallest absolute Gasteiger partial charge is 0.311 e. The van der Waals surface area contributed by atoms with E-state index in [-0.39, 0.29) is 18.9 Å². The molecule has 2 heterocycles. The molecule has 1 aliphatic rings. The molecule has 1 saturated heterocycles. The van der Waals surface area contributed by atoms with Gasteiger partial charge in [-0.15, -0.1) is 11.3 Å². The summed E-state index contributed by atoms with van der Waals surface area (Å²) in [7, 11) is 0. The van der Waals surface area contributed by atoms with E-state index in [2.05, 4.69) is 10.2 Å². The fourth-order valence-electron chi connectivity index (χ4n) is 2.53. The highest BCUT2D eigenvalue weighted by Gasteiger charge is 2.12. The maximum Gasteiger partial charge on any atom is 0.311 e. The first-order valence-corrected chi connectivity index (χ1v) is 8.99. The summed E-state index contributed by atoms with van der Waals surface area (Å²) in [6.45, 7) is 2.91. The molecule has 1 aromatic carbocycles. The van der Waals surface area contributed by atoms with Gasteiger partial charge in [-0.3, -0.25) is 9.59 Å². The van der Waals surface area contributed by atoms with Crippen LogP contribution >= 0.6 is 11.3 Å². The molecule has 25 heavy (non-hydrogen) atoms. The number of hydrogen-bond acceptors (Lipinski definition) is 6. The third kappa shape index (κ3) is 5.30. The summed E-state index contributed by atoms with van der Waals surface area (Å²) < 4.78 is 10.3. The van der Waals surface area contributed by atoms with Gasteiger partial charge in [0.05, 0.1) is 19.6 Å². The molecule has 0 unspecified atom stereocenters. The number of benzene rings is 1. The number of thiophene rings is 1. The Labute approximate surface area is 150 Å². The minimum atomic E-state index is -0.403. The quantitative estimate of drug-likeness (QED) is 0.801. The number of morpholine rings is 1. The number of hydrogen-bond donors (Lipinski definition) is 1. The summed E-state index contributed by atoms with van der Waals surface area (Å²) in [5, 5.41) is 4.63. The standard InChI is InChI=1S/C18H20N2O4S/c21-17(13-24-18(22)12-16-2-1-11-25-16)19-14-3-5-15(6-4-14)20-7-9-23-10-8-20/h1-6,11H,7-10,12-13H2,(H,19,21). The molecule has 1 N–H and O–H groups in total. The summed E-state index contributed by atoms with van der Waals surface area (Å²) in [4.78, 5) is 26.7. The number of anilines is 2. The lowest BCUT2D eigenvalue weighted by molar-refractivity contribution is -0.146. The molecule has 0 saturated carbocycles. The number of esters is 1. The zero-order valence-electron chi connectivity index (χ0n) is 13.8. The molecule has 1 aromatic heterocycles. The first kappa shape index (κ1) is 17.4. The normalized spacial score (nSPS) is 14.2. The summed E-state index contributed by atoms with van der Waals surface area (Å²) in [6, 6.07) is 11.3. The molecule has 2 aromatic rings. The van der Waals surface area contributed by atoms with Crippen LogP contribution in [0.4, 0.5) is 11.4 Å². The van der Waals surface area contributed by atoms with E-state index in [0.29, 0.717) is 5.69 Å². The zero-order chi connectivity index (χ0) is 17.5. The SMILES string of the molecule is O=C(COC(=O)Cc1cccs1)Nc1ccc(N2CCOCC2)cc1. The first-order chi connectivity index (χ1) is 12.2. The van der Waals surface area contributed by atoms with Gasteiger partial charge in [0, 0.05) is 29.3 Å². The highest BCUT2D eigenvalue weighted by molar-refractivity contribution is 7.10. The number of carbonyl (C=O) groups is 2. The Bertz CT molecular complexity index is 694. The second kappa shape index (κ2) is 8.64. The molecule has 7 heteroatoms. The number of amides is 1.